The molecule has 0 unspecified atom stereocenters. The van der Waals surface area contributed by atoms with Gasteiger partial charge >= 0.3 is 0 Å². The molecule has 0 N–H and O–H groups in total. The Bertz CT molecular complexity index is 1070. The van der Waals surface area contributed by atoms with Crippen molar-refractivity contribution in [1.82, 2.24) is 0 Å². The molecule has 2 nitrogen and oxygen atoms in total. The summed E-state index contributed by atoms with van der Waals surface area (Å²) >= 11 is 6.09. The minimum Gasteiger partial charge on any atom is -0.303 e. The highest BCUT2D eigenvalue weighted by Crippen LogP contribution is 2.41. The molecule has 1 aliphatic carbocycles. The van der Waals surface area contributed by atoms with Crippen molar-refractivity contribution in [1.29, 1.82) is 0 Å². The molecule has 1 aromatic heterocycles. The number of nitrogens with zero attached hydrogens (tertiary/aromatic N) is 1. The van der Waals surface area contributed by atoms with Crippen LogP contribution in [0.3, 0.4) is 0 Å². The van der Waals surface area contributed by atoms with Gasteiger partial charge < -0.3 is 4.79 Å². The van der Waals surface area contributed by atoms with Crippen LogP contribution in [0, 0.1) is 11.8 Å². The molecule has 0 bridgehead atoms. The number of fused-ring (bicyclic) bond motifs is 1. The number of carbonyl (C=O) groups is 1. The van der Waals surface area contributed by atoms with Crippen LogP contribution in [-0.4, -0.2) is 6.29 Å². The van der Waals surface area contributed by atoms with Gasteiger partial charge in [-0.3, -0.25) is 0 Å². The fourth-order valence-electron chi connectivity index (χ4n) is 5.02. The van der Waals surface area contributed by atoms with Crippen LogP contribution in [0.15, 0.2) is 72.4 Å². The van der Waals surface area contributed by atoms with Crippen molar-refractivity contribution in [2.45, 2.75) is 51.9 Å². The van der Waals surface area contributed by atoms with E-state index in [-0.39, 0.29) is 5.92 Å². The van der Waals surface area contributed by atoms with E-state index in [9.17, 15) is 4.79 Å². The Hall–Kier alpha value is -2.45. The first-order valence-corrected chi connectivity index (χ1v) is 11.7. The Labute approximate surface area is 190 Å². The topological polar surface area (TPSA) is 20.9 Å². The van der Waals surface area contributed by atoms with Gasteiger partial charge in [0.15, 0.2) is 6.20 Å². The predicted molar refractivity (Wildman–Crippen MR) is 129 cm³/mol. The van der Waals surface area contributed by atoms with Crippen LogP contribution in [0.25, 0.3) is 16.6 Å². The average molecular weight is 433 g/mol. The van der Waals surface area contributed by atoms with Crippen molar-refractivity contribution in [2.75, 3.05) is 0 Å². The van der Waals surface area contributed by atoms with E-state index >= 15 is 0 Å². The van der Waals surface area contributed by atoms with E-state index in [0.717, 1.165) is 42.8 Å². The van der Waals surface area contributed by atoms with E-state index in [1.165, 1.54) is 28.3 Å². The van der Waals surface area contributed by atoms with Crippen LogP contribution in [0.4, 0.5) is 0 Å². The summed E-state index contributed by atoms with van der Waals surface area (Å²) in [6, 6.07) is 19.0. The molecule has 3 aromatic rings. The van der Waals surface area contributed by atoms with E-state index in [0.29, 0.717) is 11.8 Å². The summed E-state index contributed by atoms with van der Waals surface area (Å²) < 4.78 is 2.24. The molecule has 4 rings (SSSR count). The normalized spacial score (nSPS) is 19.7. The Balaban J connectivity index is 1.57. The van der Waals surface area contributed by atoms with Gasteiger partial charge in [-0.2, -0.15) is 4.57 Å². The lowest BCUT2D eigenvalue weighted by Gasteiger charge is -2.32. The fourth-order valence-corrected chi connectivity index (χ4v) is 5.15. The second-order valence-corrected chi connectivity index (χ2v) is 9.50. The van der Waals surface area contributed by atoms with Gasteiger partial charge in [-0.1, -0.05) is 35.4 Å². The molecular formula is C28H31ClNO+. The van der Waals surface area contributed by atoms with Crippen molar-refractivity contribution >= 4 is 28.8 Å². The van der Waals surface area contributed by atoms with Crippen LogP contribution in [0.1, 0.15) is 57.4 Å². The second kappa shape index (κ2) is 9.78. The second-order valence-electron chi connectivity index (χ2n) is 9.06. The molecule has 0 amide bonds. The first kappa shape index (κ1) is 21.8. The van der Waals surface area contributed by atoms with Crippen molar-refractivity contribution < 1.29 is 9.36 Å². The Kier molecular flexibility index (Phi) is 6.87. The van der Waals surface area contributed by atoms with E-state index in [1.54, 1.807) is 0 Å². The number of halogens is 1. The molecule has 0 aliphatic heterocycles. The van der Waals surface area contributed by atoms with Crippen molar-refractivity contribution in [3.8, 4) is 5.69 Å². The first-order valence-electron chi connectivity index (χ1n) is 11.3. The molecule has 2 aromatic carbocycles. The summed E-state index contributed by atoms with van der Waals surface area (Å²) in [4.78, 5) is 11.7. The molecule has 1 fully saturated rings. The quantitative estimate of drug-likeness (QED) is 0.229. The number of benzene rings is 2. The van der Waals surface area contributed by atoms with E-state index in [2.05, 4.69) is 73.2 Å². The lowest BCUT2D eigenvalue weighted by molar-refractivity contribution is -0.567. The summed E-state index contributed by atoms with van der Waals surface area (Å²) in [5.41, 5.74) is 5.07. The van der Waals surface area contributed by atoms with Gasteiger partial charge in [0.05, 0.1) is 5.39 Å². The zero-order valence-corrected chi connectivity index (χ0v) is 19.2. The summed E-state index contributed by atoms with van der Waals surface area (Å²) in [6.07, 6.45) is 11.0. The maximum atomic E-state index is 11.7. The molecular weight excluding hydrogens is 402 g/mol. The molecule has 0 spiro atoms. The summed E-state index contributed by atoms with van der Waals surface area (Å²) in [5, 5.41) is 2.07. The Morgan fingerprint density at radius 1 is 1.03 bits per heavy atom. The monoisotopic (exact) mass is 432 g/mol. The number of pyridine rings is 1. The van der Waals surface area contributed by atoms with Gasteiger partial charge in [-0.25, -0.2) is 0 Å². The lowest BCUT2D eigenvalue weighted by atomic mass is 9.73. The minimum absolute atomic E-state index is 0.162. The molecule has 1 atom stereocenters. The molecule has 1 aliphatic rings. The van der Waals surface area contributed by atoms with Crippen LogP contribution < -0.4 is 4.57 Å². The fraction of sp³-hybridized carbons (Fsp3) is 0.357. The zero-order chi connectivity index (χ0) is 21.8. The molecule has 1 heterocycles. The Morgan fingerprint density at radius 2 is 1.74 bits per heavy atom. The summed E-state index contributed by atoms with van der Waals surface area (Å²) in [7, 11) is 0. The van der Waals surface area contributed by atoms with Crippen LogP contribution >= 0.6 is 11.6 Å². The van der Waals surface area contributed by atoms with E-state index in [4.69, 9.17) is 11.6 Å². The standard InChI is InChI=1S/C28H31ClNO/c1-20(2)7-8-23(19-31)21-9-11-22(12-10-21)26-17-18-30(25-15-13-24(29)14-16-25)28-6-4-3-5-27(26)28/h3-7,13-19,21-23H,8-12H2,1-2H3/q+1/t21-,22-,23-/m0/s1. The molecule has 0 radical (unpaired) electrons. The molecule has 3 heteroatoms. The number of rotatable bonds is 6. The summed E-state index contributed by atoms with van der Waals surface area (Å²) in [6.45, 7) is 4.21. The third-order valence-electron chi connectivity index (χ3n) is 6.77. The molecule has 160 valence electrons. The van der Waals surface area contributed by atoms with Crippen LogP contribution in [-0.2, 0) is 4.79 Å². The number of allylic oxidation sites excluding steroid dienone is 2. The predicted octanol–water partition coefficient (Wildman–Crippen LogP) is 7.22. The SMILES string of the molecule is CC(C)=CC[C@@H](C=O)[C@H]1CC[C@H](c2cc[n+](-c3ccc(Cl)cc3)c3ccccc32)CC1. The zero-order valence-electron chi connectivity index (χ0n) is 18.4. The van der Waals surface area contributed by atoms with Gasteiger partial charge in [0.1, 0.15) is 6.29 Å². The highest BCUT2D eigenvalue weighted by molar-refractivity contribution is 6.30. The van der Waals surface area contributed by atoms with Crippen molar-refractivity contribution in [3.05, 3.63) is 83.0 Å². The van der Waals surface area contributed by atoms with Crippen LogP contribution in [0.5, 0.6) is 0 Å². The highest BCUT2D eigenvalue weighted by atomic mass is 35.5. The number of hydrogen-bond acceptors (Lipinski definition) is 1. The Morgan fingerprint density at radius 3 is 2.42 bits per heavy atom. The van der Waals surface area contributed by atoms with Gasteiger partial charge in [0.2, 0.25) is 11.2 Å². The molecule has 31 heavy (non-hydrogen) atoms. The largest absolute Gasteiger partial charge is 0.303 e. The smallest absolute Gasteiger partial charge is 0.218 e. The van der Waals surface area contributed by atoms with Gasteiger partial charge in [0, 0.05) is 35.2 Å². The lowest BCUT2D eigenvalue weighted by Crippen LogP contribution is -2.31. The minimum atomic E-state index is 0.162. The maximum absolute atomic E-state index is 11.7. The average Bonchev–Trinajstić information content (AvgIpc) is 2.80. The van der Waals surface area contributed by atoms with Gasteiger partial charge in [0.25, 0.3) is 0 Å². The van der Waals surface area contributed by atoms with Gasteiger partial charge in [-0.05, 0) is 81.5 Å². The highest BCUT2D eigenvalue weighted by Gasteiger charge is 2.29. The summed E-state index contributed by atoms with van der Waals surface area (Å²) in [5.74, 6) is 1.23. The van der Waals surface area contributed by atoms with Crippen LogP contribution in [0.2, 0.25) is 5.02 Å². The number of para-hydroxylation sites is 1. The number of hydrogen-bond donors (Lipinski definition) is 0. The number of aromatic nitrogens is 1. The molecule has 1 saturated carbocycles. The van der Waals surface area contributed by atoms with Gasteiger partial charge in [-0.15, -0.1) is 0 Å². The molecule has 0 saturated heterocycles. The number of carbonyl (C=O) groups excluding carboxylic acids is 1. The van der Waals surface area contributed by atoms with E-state index < -0.39 is 0 Å². The van der Waals surface area contributed by atoms with Crippen molar-refractivity contribution in [3.63, 3.8) is 0 Å². The third kappa shape index (κ3) is 4.91. The number of aldehydes is 1. The first-order chi connectivity index (χ1) is 15.1. The maximum Gasteiger partial charge on any atom is 0.218 e. The van der Waals surface area contributed by atoms with E-state index in [1.807, 2.05) is 12.1 Å². The third-order valence-corrected chi connectivity index (χ3v) is 7.02. The van der Waals surface area contributed by atoms with Crippen molar-refractivity contribution in [2.24, 2.45) is 11.8 Å².